The van der Waals surface area contributed by atoms with Crippen molar-refractivity contribution in [2.45, 2.75) is 18.4 Å². The molecule has 0 saturated carbocycles. The van der Waals surface area contributed by atoms with Crippen LogP contribution in [0.2, 0.25) is 5.02 Å². The first-order valence-corrected chi connectivity index (χ1v) is 9.55. The van der Waals surface area contributed by atoms with Crippen LogP contribution >= 0.6 is 11.6 Å². The summed E-state index contributed by atoms with van der Waals surface area (Å²) in [6.45, 7) is 1.35. The standard InChI is InChI=1S/C21H25ClN2O4/c1-27-16-5-3-4-14(10-16)17-8-9-24(12-19(17)25)13-21(26)23-18-11-15(22)6-7-20(18)28-2/h3-7,10-11,17,19,25H,8-9,12-13H2,1-2H3,(H,23,26)/t17-,19-/m0/s1. The second kappa shape index (κ2) is 9.28. The molecule has 7 heteroatoms. The van der Waals surface area contributed by atoms with Crippen LogP contribution in [0.5, 0.6) is 11.5 Å². The van der Waals surface area contributed by atoms with E-state index < -0.39 is 6.10 Å². The second-order valence-electron chi connectivity index (χ2n) is 6.87. The van der Waals surface area contributed by atoms with Gasteiger partial charge in [0.15, 0.2) is 0 Å². The van der Waals surface area contributed by atoms with E-state index in [0.29, 0.717) is 23.0 Å². The maximum Gasteiger partial charge on any atom is 0.238 e. The number of hydrogen-bond donors (Lipinski definition) is 2. The van der Waals surface area contributed by atoms with E-state index in [1.165, 1.54) is 0 Å². The Hall–Kier alpha value is -2.28. The Morgan fingerprint density at radius 1 is 1.25 bits per heavy atom. The molecule has 150 valence electrons. The molecule has 1 fully saturated rings. The first kappa shape index (κ1) is 20.5. The summed E-state index contributed by atoms with van der Waals surface area (Å²) in [4.78, 5) is 14.4. The molecule has 2 aromatic carbocycles. The van der Waals surface area contributed by atoms with Crippen molar-refractivity contribution in [3.8, 4) is 11.5 Å². The molecule has 6 nitrogen and oxygen atoms in total. The summed E-state index contributed by atoms with van der Waals surface area (Å²) in [6, 6.07) is 12.9. The fourth-order valence-electron chi connectivity index (χ4n) is 3.57. The summed E-state index contributed by atoms with van der Waals surface area (Å²) >= 11 is 6.00. The number of amides is 1. The maximum absolute atomic E-state index is 12.5. The van der Waals surface area contributed by atoms with Crippen molar-refractivity contribution in [3.05, 3.63) is 53.1 Å². The molecule has 0 bridgehead atoms. The monoisotopic (exact) mass is 404 g/mol. The fourth-order valence-corrected chi connectivity index (χ4v) is 3.74. The number of aliphatic hydroxyl groups excluding tert-OH is 1. The van der Waals surface area contributed by atoms with E-state index in [4.69, 9.17) is 21.1 Å². The molecule has 2 aromatic rings. The number of likely N-dealkylation sites (tertiary alicyclic amines) is 1. The maximum atomic E-state index is 12.5. The molecule has 1 heterocycles. The van der Waals surface area contributed by atoms with Crippen LogP contribution in [0.1, 0.15) is 17.9 Å². The van der Waals surface area contributed by atoms with Gasteiger partial charge in [0.1, 0.15) is 11.5 Å². The highest BCUT2D eigenvalue weighted by atomic mass is 35.5. The van der Waals surface area contributed by atoms with Crippen LogP contribution in [0.25, 0.3) is 0 Å². The molecule has 0 spiro atoms. The summed E-state index contributed by atoms with van der Waals surface area (Å²) in [5.41, 5.74) is 1.59. The SMILES string of the molecule is COc1cccc([C@@H]2CCN(CC(=O)Nc3cc(Cl)ccc3OC)C[C@@H]2O)c1. The van der Waals surface area contributed by atoms with Gasteiger partial charge in [-0.1, -0.05) is 23.7 Å². The number of carbonyl (C=O) groups is 1. The van der Waals surface area contributed by atoms with Crippen LogP contribution in [-0.4, -0.2) is 55.9 Å². The molecule has 0 radical (unpaired) electrons. The molecule has 0 aliphatic carbocycles. The van der Waals surface area contributed by atoms with Crippen molar-refractivity contribution in [3.63, 3.8) is 0 Å². The van der Waals surface area contributed by atoms with Gasteiger partial charge in [0, 0.05) is 17.5 Å². The number of aliphatic hydroxyl groups is 1. The van der Waals surface area contributed by atoms with Crippen LogP contribution in [0, 0.1) is 0 Å². The van der Waals surface area contributed by atoms with Gasteiger partial charge >= 0.3 is 0 Å². The van der Waals surface area contributed by atoms with Gasteiger partial charge < -0.3 is 19.9 Å². The molecule has 1 amide bonds. The van der Waals surface area contributed by atoms with Crippen molar-refractivity contribution in [2.75, 3.05) is 39.2 Å². The zero-order chi connectivity index (χ0) is 20.1. The third-order valence-corrected chi connectivity index (χ3v) is 5.23. The van der Waals surface area contributed by atoms with Gasteiger partial charge in [0.05, 0.1) is 32.6 Å². The third-order valence-electron chi connectivity index (χ3n) is 4.99. The smallest absolute Gasteiger partial charge is 0.238 e. The van der Waals surface area contributed by atoms with Crippen molar-refractivity contribution < 1.29 is 19.4 Å². The topological polar surface area (TPSA) is 71.0 Å². The number of hydrogen-bond acceptors (Lipinski definition) is 5. The van der Waals surface area contributed by atoms with Crippen LogP contribution in [0.4, 0.5) is 5.69 Å². The van der Waals surface area contributed by atoms with Crippen molar-refractivity contribution in [2.24, 2.45) is 0 Å². The fraction of sp³-hybridized carbons (Fsp3) is 0.381. The molecule has 1 saturated heterocycles. The number of methoxy groups -OCH3 is 2. The second-order valence-corrected chi connectivity index (χ2v) is 7.30. The number of piperidine rings is 1. The molecule has 3 rings (SSSR count). The molecule has 28 heavy (non-hydrogen) atoms. The van der Waals surface area contributed by atoms with Crippen molar-refractivity contribution >= 4 is 23.2 Å². The average molecular weight is 405 g/mol. The van der Waals surface area contributed by atoms with E-state index in [1.54, 1.807) is 32.4 Å². The lowest BCUT2D eigenvalue weighted by Crippen LogP contribution is -2.45. The minimum atomic E-state index is -0.547. The zero-order valence-electron chi connectivity index (χ0n) is 16.0. The summed E-state index contributed by atoms with van der Waals surface area (Å²) in [6.07, 6.45) is 0.219. The minimum Gasteiger partial charge on any atom is -0.497 e. The summed E-state index contributed by atoms with van der Waals surface area (Å²) in [7, 11) is 3.17. The Labute approximate surface area is 170 Å². The van der Waals surface area contributed by atoms with E-state index >= 15 is 0 Å². The molecule has 1 aliphatic heterocycles. The number of nitrogens with one attached hydrogen (secondary N) is 1. The minimum absolute atomic E-state index is 0.0300. The molecular formula is C21H25ClN2O4. The predicted molar refractivity (Wildman–Crippen MR) is 109 cm³/mol. The Balaban J connectivity index is 1.58. The zero-order valence-corrected chi connectivity index (χ0v) is 16.8. The Bertz CT molecular complexity index is 830. The third kappa shape index (κ3) is 4.95. The highest BCUT2D eigenvalue weighted by molar-refractivity contribution is 6.31. The first-order chi connectivity index (χ1) is 13.5. The Morgan fingerprint density at radius 3 is 2.79 bits per heavy atom. The lowest BCUT2D eigenvalue weighted by atomic mass is 9.87. The molecule has 2 atom stereocenters. The van der Waals surface area contributed by atoms with Crippen LogP contribution in [0.15, 0.2) is 42.5 Å². The molecule has 2 N–H and O–H groups in total. The summed E-state index contributed by atoms with van der Waals surface area (Å²) in [5.74, 6) is 1.19. The highest BCUT2D eigenvalue weighted by Crippen LogP contribution is 2.31. The number of ether oxygens (including phenoxy) is 2. The highest BCUT2D eigenvalue weighted by Gasteiger charge is 2.30. The lowest BCUT2D eigenvalue weighted by Gasteiger charge is -2.35. The lowest BCUT2D eigenvalue weighted by molar-refractivity contribution is -0.118. The Kier molecular flexibility index (Phi) is 6.78. The van der Waals surface area contributed by atoms with Gasteiger partial charge in [0.25, 0.3) is 0 Å². The van der Waals surface area contributed by atoms with Gasteiger partial charge in [-0.05, 0) is 48.9 Å². The number of halogens is 1. The molecular weight excluding hydrogens is 380 g/mol. The molecule has 0 aromatic heterocycles. The number of benzene rings is 2. The van der Waals surface area contributed by atoms with E-state index in [2.05, 4.69) is 5.32 Å². The van der Waals surface area contributed by atoms with Gasteiger partial charge in [-0.3, -0.25) is 9.69 Å². The Morgan fingerprint density at radius 2 is 2.07 bits per heavy atom. The number of nitrogens with zero attached hydrogens (tertiary/aromatic N) is 1. The number of anilines is 1. The number of β-amino-alcohol motifs (C(OH)–C–C–N with tert-alkyl or cyclic N) is 1. The van der Waals surface area contributed by atoms with Crippen LogP contribution in [-0.2, 0) is 4.79 Å². The van der Waals surface area contributed by atoms with E-state index in [-0.39, 0.29) is 18.4 Å². The predicted octanol–water partition coefficient (Wildman–Crippen LogP) is 3.15. The number of carbonyl (C=O) groups excluding carboxylic acids is 1. The summed E-state index contributed by atoms with van der Waals surface area (Å²) < 4.78 is 10.5. The average Bonchev–Trinajstić information content (AvgIpc) is 2.68. The summed E-state index contributed by atoms with van der Waals surface area (Å²) in [5, 5.41) is 14.0. The van der Waals surface area contributed by atoms with Crippen LogP contribution < -0.4 is 14.8 Å². The van der Waals surface area contributed by atoms with Gasteiger partial charge in [0.2, 0.25) is 5.91 Å². The van der Waals surface area contributed by atoms with Crippen molar-refractivity contribution in [1.82, 2.24) is 4.90 Å². The normalized spacial score (nSPS) is 19.9. The molecule has 0 unspecified atom stereocenters. The quantitative estimate of drug-likeness (QED) is 0.773. The first-order valence-electron chi connectivity index (χ1n) is 9.18. The molecule has 1 aliphatic rings. The largest absolute Gasteiger partial charge is 0.497 e. The van der Waals surface area contributed by atoms with Gasteiger partial charge in [-0.15, -0.1) is 0 Å². The van der Waals surface area contributed by atoms with Crippen LogP contribution in [0.3, 0.4) is 0 Å². The van der Waals surface area contributed by atoms with E-state index in [9.17, 15) is 9.90 Å². The van der Waals surface area contributed by atoms with Gasteiger partial charge in [-0.2, -0.15) is 0 Å². The van der Waals surface area contributed by atoms with E-state index in [1.807, 2.05) is 29.2 Å². The van der Waals surface area contributed by atoms with Gasteiger partial charge in [-0.25, -0.2) is 0 Å². The van der Waals surface area contributed by atoms with E-state index in [0.717, 1.165) is 24.3 Å². The van der Waals surface area contributed by atoms with Crippen molar-refractivity contribution in [1.29, 1.82) is 0 Å². The number of rotatable bonds is 6.